The summed E-state index contributed by atoms with van der Waals surface area (Å²) in [5, 5.41) is 2.98. The molecule has 0 spiro atoms. The first kappa shape index (κ1) is 17.4. The molecule has 132 valence electrons. The van der Waals surface area contributed by atoms with Crippen molar-refractivity contribution in [1.29, 1.82) is 0 Å². The molecule has 1 saturated heterocycles. The SMILES string of the molecule is Cc1cc(NC(=O)[C@@H]2CN(Cc3ccccc3)C[C@H]2C)cn(C)c1=O. The Morgan fingerprint density at radius 1 is 1.24 bits per heavy atom. The quantitative estimate of drug-likeness (QED) is 0.931. The molecule has 5 nitrogen and oxygen atoms in total. The molecule has 0 bridgehead atoms. The van der Waals surface area contributed by atoms with E-state index in [0.29, 0.717) is 17.2 Å². The second-order valence-electron chi connectivity index (χ2n) is 7.08. The monoisotopic (exact) mass is 339 g/mol. The summed E-state index contributed by atoms with van der Waals surface area (Å²) in [6.07, 6.45) is 1.68. The topological polar surface area (TPSA) is 54.3 Å². The molecule has 1 aliphatic heterocycles. The summed E-state index contributed by atoms with van der Waals surface area (Å²) in [7, 11) is 1.70. The zero-order chi connectivity index (χ0) is 18.0. The van der Waals surface area contributed by atoms with E-state index in [1.54, 1.807) is 26.2 Å². The summed E-state index contributed by atoms with van der Waals surface area (Å²) in [5.74, 6) is 0.291. The third-order valence-corrected chi connectivity index (χ3v) is 4.90. The minimum Gasteiger partial charge on any atom is -0.324 e. The van der Waals surface area contributed by atoms with Crippen molar-refractivity contribution in [3.63, 3.8) is 0 Å². The van der Waals surface area contributed by atoms with Crippen LogP contribution in [0.2, 0.25) is 0 Å². The molecule has 1 amide bonds. The summed E-state index contributed by atoms with van der Waals surface area (Å²) in [6.45, 7) is 6.43. The van der Waals surface area contributed by atoms with E-state index in [1.165, 1.54) is 10.1 Å². The smallest absolute Gasteiger partial charge is 0.253 e. The Morgan fingerprint density at radius 3 is 2.64 bits per heavy atom. The molecule has 2 atom stereocenters. The van der Waals surface area contributed by atoms with Crippen LogP contribution in [0.1, 0.15) is 18.1 Å². The number of hydrogen-bond acceptors (Lipinski definition) is 3. The second kappa shape index (κ2) is 7.23. The van der Waals surface area contributed by atoms with E-state index in [1.807, 2.05) is 18.2 Å². The fraction of sp³-hybridized carbons (Fsp3) is 0.400. The van der Waals surface area contributed by atoms with Gasteiger partial charge in [-0.25, -0.2) is 0 Å². The van der Waals surface area contributed by atoms with Crippen LogP contribution >= 0.6 is 0 Å². The van der Waals surface area contributed by atoms with E-state index in [2.05, 4.69) is 29.3 Å². The lowest BCUT2D eigenvalue weighted by Gasteiger charge is -2.16. The first-order valence-corrected chi connectivity index (χ1v) is 8.68. The average molecular weight is 339 g/mol. The Kier molecular flexibility index (Phi) is 5.04. The Bertz CT molecular complexity index is 787. The van der Waals surface area contributed by atoms with Gasteiger partial charge in [-0.2, -0.15) is 0 Å². The second-order valence-corrected chi connectivity index (χ2v) is 7.08. The number of carbonyl (C=O) groups is 1. The van der Waals surface area contributed by atoms with E-state index in [4.69, 9.17) is 0 Å². The predicted octanol–water partition coefficient (Wildman–Crippen LogP) is 2.40. The minimum atomic E-state index is -0.0405. The van der Waals surface area contributed by atoms with Gasteiger partial charge in [0.15, 0.2) is 0 Å². The Labute approximate surface area is 148 Å². The highest BCUT2D eigenvalue weighted by molar-refractivity contribution is 5.93. The van der Waals surface area contributed by atoms with Crippen molar-refractivity contribution in [2.45, 2.75) is 20.4 Å². The Morgan fingerprint density at radius 2 is 1.96 bits per heavy atom. The zero-order valence-electron chi connectivity index (χ0n) is 15.0. The van der Waals surface area contributed by atoms with Crippen LogP contribution < -0.4 is 10.9 Å². The van der Waals surface area contributed by atoms with Crippen LogP contribution in [0, 0.1) is 18.8 Å². The van der Waals surface area contributed by atoms with Gasteiger partial charge in [-0.3, -0.25) is 14.5 Å². The number of nitrogens with one attached hydrogen (secondary N) is 1. The molecular weight excluding hydrogens is 314 g/mol. The predicted molar refractivity (Wildman–Crippen MR) is 99.4 cm³/mol. The van der Waals surface area contributed by atoms with E-state index in [9.17, 15) is 9.59 Å². The van der Waals surface area contributed by atoms with Gasteiger partial charge in [0.1, 0.15) is 0 Å². The van der Waals surface area contributed by atoms with Crippen LogP contribution in [-0.2, 0) is 18.4 Å². The maximum absolute atomic E-state index is 12.7. The first-order valence-electron chi connectivity index (χ1n) is 8.68. The number of rotatable bonds is 4. The molecular formula is C20H25N3O2. The van der Waals surface area contributed by atoms with Gasteiger partial charge in [0, 0.05) is 38.4 Å². The van der Waals surface area contributed by atoms with Gasteiger partial charge in [-0.05, 0) is 24.5 Å². The van der Waals surface area contributed by atoms with Crippen molar-refractivity contribution in [1.82, 2.24) is 9.47 Å². The van der Waals surface area contributed by atoms with Gasteiger partial charge in [0.05, 0.1) is 11.6 Å². The van der Waals surface area contributed by atoms with Crippen molar-refractivity contribution in [2.75, 3.05) is 18.4 Å². The molecule has 25 heavy (non-hydrogen) atoms. The highest BCUT2D eigenvalue weighted by Crippen LogP contribution is 2.26. The van der Waals surface area contributed by atoms with Gasteiger partial charge in [0.25, 0.3) is 5.56 Å². The molecule has 1 N–H and O–H groups in total. The first-order chi connectivity index (χ1) is 11.9. The number of amides is 1. The van der Waals surface area contributed by atoms with Crippen LogP contribution in [-0.4, -0.2) is 28.5 Å². The highest BCUT2D eigenvalue weighted by atomic mass is 16.2. The molecule has 0 radical (unpaired) electrons. The Balaban J connectivity index is 1.65. The highest BCUT2D eigenvalue weighted by Gasteiger charge is 2.34. The lowest BCUT2D eigenvalue weighted by Crippen LogP contribution is -2.29. The van der Waals surface area contributed by atoms with Crippen LogP contribution in [0.5, 0.6) is 0 Å². The van der Waals surface area contributed by atoms with Crippen molar-refractivity contribution in [3.8, 4) is 0 Å². The van der Waals surface area contributed by atoms with E-state index in [0.717, 1.165) is 19.6 Å². The summed E-state index contributed by atoms with van der Waals surface area (Å²) in [5.41, 5.74) is 2.54. The maximum Gasteiger partial charge on any atom is 0.253 e. The standard InChI is InChI=1S/C20H25N3O2/c1-14-9-17(12-22(3)20(14)25)21-19(24)18-13-23(10-15(18)2)11-16-7-5-4-6-8-16/h4-9,12,15,18H,10-11,13H2,1-3H3,(H,21,24)/t15-,18-/m1/s1. The lowest BCUT2D eigenvalue weighted by atomic mass is 9.97. The van der Waals surface area contributed by atoms with Gasteiger partial charge in [-0.1, -0.05) is 37.3 Å². The number of carbonyl (C=O) groups excluding carboxylic acids is 1. The van der Waals surface area contributed by atoms with Crippen LogP contribution in [0.25, 0.3) is 0 Å². The summed E-state index contributed by atoms with van der Waals surface area (Å²) >= 11 is 0. The third-order valence-electron chi connectivity index (χ3n) is 4.90. The molecule has 2 heterocycles. The van der Waals surface area contributed by atoms with E-state index >= 15 is 0 Å². The normalized spacial score (nSPS) is 20.6. The molecule has 3 rings (SSSR count). The molecule has 2 aromatic rings. The summed E-state index contributed by atoms with van der Waals surface area (Å²) in [6, 6.07) is 12.1. The number of nitrogens with zero attached hydrogens (tertiary/aromatic N) is 2. The van der Waals surface area contributed by atoms with Gasteiger partial charge < -0.3 is 9.88 Å². The number of aromatic nitrogens is 1. The summed E-state index contributed by atoms with van der Waals surface area (Å²) < 4.78 is 1.50. The van der Waals surface area contributed by atoms with Crippen molar-refractivity contribution >= 4 is 11.6 Å². The molecule has 5 heteroatoms. The maximum atomic E-state index is 12.7. The number of benzene rings is 1. The number of aryl methyl sites for hydroxylation is 2. The molecule has 0 saturated carbocycles. The molecule has 0 unspecified atom stereocenters. The van der Waals surface area contributed by atoms with Crippen LogP contribution in [0.4, 0.5) is 5.69 Å². The molecule has 0 aliphatic carbocycles. The number of anilines is 1. The molecule has 1 fully saturated rings. The van der Waals surface area contributed by atoms with E-state index < -0.39 is 0 Å². The molecule has 1 aliphatic rings. The number of pyridine rings is 1. The third kappa shape index (κ3) is 3.99. The molecule has 1 aromatic heterocycles. The fourth-order valence-corrected chi connectivity index (χ4v) is 3.56. The van der Waals surface area contributed by atoms with Crippen molar-refractivity contribution < 1.29 is 4.79 Å². The molecule has 1 aromatic carbocycles. The largest absolute Gasteiger partial charge is 0.324 e. The number of hydrogen-bond donors (Lipinski definition) is 1. The van der Waals surface area contributed by atoms with Gasteiger partial charge in [0.2, 0.25) is 5.91 Å². The average Bonchev–Trinajstić information content (AvgIpc) is 2.94. The summed E-state index contributed by atoms with van der Waals surface area (Å²) in [4.78, 5) is 26.8. The zero-order valence-corrected chi connectivity index (χ0v) is 15.0. The van der Waals surface area contributed by atoms with Crippen LogP contribution in [0.15, 0.2) is 47.4 Å². The van der Waals surface area contributed by atoms with Crippen molar-refractivity contribution in [2.24, 2.45) is 18.9 Å². The van der Waals surface area contributed by atoms with Gasteiger partial charge in [-0.15, -0.1) is 0 Å². The Hall–Kier alpha value is -2.40. The van der Waals surface area contributed by atoms with E-state index in [-0.39, 0.29) is 17.4 Å². The van der Waals surface area contributed by atoms with Gasteiger partial charge >= 0.3 is 0 Å². The lowest BCUT2D eigenvalue weighted by molar-refractivity contribution is -0.120. The van der Waals surface area contributed by atoms with Crippen molar-refractivity contribution in [3.05, 3.63) is 64.1 Å². The van der Waals surface area contributed by atoms with Crippen LogP contribution in [0.3, 0.4) is 0 Å². The fourth-order valence-electron chi connectivity index (χ4n) is 3.56. The minimum absolute atomic E-state index is 0.0288. The number of likely N-dealkylation sites (tertiary alicyclic amines) is 1.